The second kappa shape index (κ2) is 9.36. The van der Waals surface area contributed by atoms with Crippen LogP contribution in [0.25, 0.3) is 11.1 Å². The molecule has 2 aromatic rings. The van der Waals surface area contributed by atoms with Crippen LogP contribution in [0.5, 0.6) is 5.75 Å². The fourth-order valence-corrected chi connectivity index (χ4v) is 3.89. The summed E-state index contributed by atoms with van der Waals surface area (Å²) in [6.45, 7) is 8.03. The first kappa shape index (κ1) is 24.5. The summed E-state index contributed by atoms with van der Waals surface area (Å²) in [7, 11) is 0. The molecule has 1 aliphatic rings. The second-order valence-corrected chi connectivity index (χ2v) is 8.91. The molecule has 2 heterocycles. The Morgan fingerprint density at radius 3 is 2.64 bits per heavy atom. The van der Waals surface area contributed by atoms with Crippen molar-refractivity contribution in [3.8, 4) is 16.9 Å². The highest BCUT2D eigenvalue weighted by Gasteiger charge is 2.32. The normalized spacial score (nSPS) is 16.1. The van der Waals surface area contributed by atoms with Gasteiger partial charge in [0.05, 0.1) is 6.04 Å². The van der Waals surface area contributed by atoms with E-state index in [4.69, 9.17) is 4.74 Å². The van der Waals surface area contributed by atoms with Crippen molar-refractivity contribution in [2.75, 3.05) is 13.1 Å². The lowest BCUT2D eigenvalue weighted by molar-refractivity contribution is -0.274. The molecule has 0 spiro atoms. The molecule has 1 atom stereocenters. The number of carbonyl (C=O) groups is 2. The molecule has 0 saturated heterocycles. The maximum atomic E-state index is 12.6. The quantitative estimate of drug-likeness (QED) is 0.589. The molecule has 7 nitrogen and oxygen atoms in total. The van der Waals surface area contributed by atoms with E-state index >= 15 is 0 Å². The Labute approximate surface area is 190 Å². The van der Waals surface area contributed by atoms with Gasteiger partial charge in [0, 0.05) is 24.3 Å². The number of nitrogens with one attached hydrogen (secondary N) is 2. The molecule has 0 radical (unpaired) electrons. The van der Waals surface area contributed by atoms with Gasteiger partial charge in [0.25, 0.3) is 5.91 Å². The van der Waals surface area contributed by atoms with E-state index in [2.05, 4.69) is 15.4 Å². The fraction of sp³-hybridized carbons (Fsp3) is 0.478. The van der Waals surface area contributed by atoms with Crippen molar-refractivity contribution in [1.29, 1.82) is 0 Å². The number of benzene rings is 1. The Morgan fingerprint density at radius 2 is 1.97 bits per heavy atom. The van der Waals surface area contributed by atoms with Crippen LogP contribution in [0, 0.1) is 6.92 Å². The Morgan fingerprint density at radius 1 is 1.24 bits per heavy atom. The van der Waals surface area contributed by atoms with Gasteiger partial charge < -0.3 is 24.7 Å². The van der Waals surface area contributed by atoms with Gasteiger partial charge in [-0.1, -0.05) is 12.1 Å². The predicted molar refractivity (Wildman–Crippen MR) is 116 cm³/mol. The SMILES string of the molecule is Cc1c(-c2cccc(OC(F)(F)F)c2)cc2n1C(CCCNC(=O)OC(C)(C)C)CNC2=O. The van der Waals surface area contributed by atoms with Gasteiger partial charge >= 0.3 is 12.5 Å². The van der Waals surface area contributed by atoms with Gasteiger partial charge in [-0.15, -0.1) is 13.2 Å². The number of halogens is 3. The number of aromatic nitrogens is 1. The molecule has 1 aromatic carbocycles. The number of alkyl carbamates (subject to hydrolysis) is 1. The average molecular weight is 467 g/mol. The number of rotatable bonds is 6. The molecule has 1 aliphatic heterocycles. The highest BCUT2D eigenvalue weighted by atomic mass is 19.4. The summed E-state index contributed by atoms with van der Waals surface area (Å²) in [5.74, 6) is -0.562. The van der Waals surface area contributed by atoms with Crippen LogP contribution in [-0.4, -0.2) is 41.6 Å². The zero-order chi connectivity index (χ0) is 24.4. The maximum absolute atomic E-state index is 12.6. The predicted octanol–water partition coefficient (Wildman–Crippen LogP) is 4.95. The Hall–Kier alpha value is -3.17. The lowest BCUT2D eigenvalue weighted by Gasteiger charge is -2.28. The van der Waals surface area contributed by atoms with Gasteiger partial charge in [-0.2, -0.15) is 0 Å². The van der Waals surface area contributed by atoms with E-state index in [0.29, 0.717) is 42.8 Å². The molecule has 1 aromatic heterocycles. The van der Waals surface area contributed by atoms with Crippen molar-refractivity contribution in [1.82, 2.24) is 15.2 Å². The minimum atomic E-state index is -4.79. The smallest absolute Gasteiger partial charge is 0.444 e. The van der Waals surface area contributed by atoms with E-state index in [1.165, 1.54) is 18.2 Å². The number of carbonyl (C=O) groups excluding carboxylic acids is 2. The molecular formula is C23H28F3N3O4. The van der Waals surface area contributed by atoms with E-state index < -0.39 is 18.1 Å². The van der Waals surface area contributed by atoms with Gasteiger partial charge in [0.1, 0.15) is 17.0 Å². The summed E-state index contributed by atoms with van der Waals surface area (Å²) in [6, 6.07) is 7.32. The molecule has 33 heavy (non-hydrogen) atoms. The number of nitrogens with zero attached hydrogens (tertiary/aromatic N) is 1. The van der Waals surface area contributed by atoms with E-state index in [9.17, 15) is 22.8 Å². The first-order valence-corrected chi connectivity index (χ1v) is 10.7. The standard InChI is InChI=1S/C23H28F3N3O4/c1-14-18(15-7-5-9-17(11-15)32-23(24,25)26)12-19-20(30)28-13-16(29(14)19)8-6-10-27-21(31)33-22(2,3)4/h5,7,9,11-12,16H,6,8,10,13H2,1-4H3,(H,27,31)(H,28,30). The molecule has 180 valence electrons. The van der Waals surface area contributed by atoms with E-state index in [1.54, 1.807) is 32.9 Å². The summed E-state index contributed by atoms with van der Waals surface area (Å²) in [5.41, 5.74) is 1.82. The number of hydrogen-bond acceptors (Lipinski definition) is 4. The van der Waals surface area contributed by atoms with E-state index in [0.717, 1.165) is 5.69 Å². The minimum absolute atomic E-state index is 0.0542. The number of alkyl halides is 3. The van der Waals surface area contributed by atoms with Crippen molar-refractivity contribution in [3.05, 3.63) is 41.7 Å². The molecule has 2 N–H and O–H groups in total. The van der Waals surface area contributed by atoms with Crippen LogP contribution < -0.4 is 15.4 Å². The van der Waals surface area contributed by atoms with E-state index in [-0.39, 0.29) is 17.7 Å². The topological polar surface area (TPSA) is 81.6 Å². The number of amides is 2. The van der Waals surface area contributed by atoms with Crippen molar-refractivity contribution in [2.45, 2.75) is 58.5 Å². The number of fused-ring (bicyclic) bond motifs is 1. The molecule has 1 unspecified atom stereocenters. The van der Waals surface area contributed by atoms with Crippen molar-refractivity contribution < 1.29 is 32.2 Å². The van der Waals surface area contributed by atoms with Gasteiger partial charge in [-0.25, -0.2) is 4.79 Å². The largest absolute Gasteiger partial charge is 0.573 e. The third-order valence-electron chi connectivity index (χ3n) is 5.15. The summed E-state index contributed by atoms with van der Waals surface area (Å²) in [6.07, 6.45) is -3.94. The first-order valence-electron chi connectivity index (χ1n) is 10.7. The highest BCUT2D eigenvalue weighted by molar-refractivity contribution is 5.95. The second-order valence-electron chi connectivity index (χ2n) is 8.91. The molecule has 0 bridgehead atoms. The Balaban J connectivity index is 1.74. The van der Waals surface area contributed by atoms with Gasteiger partial charge in [0.2, 0.25) is 0 Å². The van der Waals surface area contributed by atoms with Crippen LogP contribution >= 0.6 is 0 Å². The van der Waals surface area contributed by atoms with Crippen molar-refractivity contribution >= 4 is 12.0 Å². The highest BCUT2D eigenvalue weighted by Crippen LogP contribution is 2.35. The van der Waals surface area contributed by atoms with Crippen molar-refractivity contribution in [3.63, 3.8) is 0 Å². The summed E-state index contributed by atoms with van der Waals surface area (Å²) in [5, 5.41) is 5.58. The number of ether oxygens (including phenoxy) is 2. The maximum Gasteiger partial charge on any atom is 0.573 e. The van der Waals surface area contributed by atoms with Crippen LogP contribution in [-0.2, 0) is 4.74 Å². The lowest BCUT2D eigenvalue weighted by Crippen LogP contribution is -2.39. The summed E-state index contributed by atoms with van der Waals surface area (Å²) >= 11 is 0. The van der Waals surface area contributed by atoms with Crippen LogP contribution in [0.15, 0.2) is 30.3 Å². The molecular weight excluding hydrogens is 439 g/mol. The third kappa shape index (κ3) is 6.43. The molecule has 0 fully saturated rings. The third-order valence-corrected chi connectivity index (χ3v) is 5.15. The Bertz CT molecular complexity index is 1020. The molecule has 0 saturated carbocycles. The number of hydrogen-bond donors (Lipinski definition) is 2. The zero-order valence-corrected chi connectivity index (χ0v) is 19.0. The molecule has 10 heteroatoms. The monoisotopic (exact) mass is 467 g/mol. The van der Waals surface area contributed by atoms with E-state index in [1.807, 2.05) is 11.5 Å². The zero-order valence-electron chi connectivity index (χ0n) is 19.0. The molecule has 2 amide bonds. The van der Waals surface area contributed by atoms with Gasteiger partial charge in [-0.05, 0) is 64.3 Å². The average Bonchev–Trinajstić information content (AvgIpc) is 3.03. The van der Waals surface area contributed by atoms with Crippen LogP contribution in [0.3, 0.4) is 0 Å². The molecule has 3 rings (SSSR count). The molecule has 0 aliphatic carbocycles. The summed E-state index contributed by atoms with van der Waals surface area (Å²) in [4.78, 5) is 24.3. The lowest BCUT2D eigenvalue weighted by atomic mass is 10.1. The summed E-state index contributed by atoms with van der Waals surface area (Å²) < 4.78 is 49.0. The minimum Gasteiger partial charge on any atom is -0.444 e. The fourth-order valence-electron chi connectivity index (χ4n) is 3.89. The van der Waals surface area contributed by atoms with Crippen LogP contribution in [0.1, 0.15) is 55.8 Å². The van der Waals surface area contributed by atoms with Crippen molar-refractivity contribution in [2.24, 2.45) is 0 Å². The van der Waals surface area contributed by atoms with Crippen LogP contribution in [0.4, 0.5) is 18.0 Å². The van der Waals surface area contributed by atoms with Gasteiger partial charge in [-0.3, -0.25) is 4.79 Å². The Kier molecular flexibility index (Phi) is 6.94. The van der Waals surface area contributed by atoms with Gasteiger partial charge in [0.15, 0.2) is 0 Å². The van der Waals surface area contributed by atoms with Crippen LogP contribution in [0.2, 0.25) is 0 Å². The first-order chi connectivity index (χ1) is 15.3.